The van der Waals surface area contributed by atoms with Gasteiger partial charge in [-0.15, -0.1) is 0 Å². The van der Waals surface area contributed by atoms with Crippen molar-refractivity contribution in [3.63, 3.8) is 0 Å². The minimum atomic E-state index is -3.38. The molecular weight excluding hydrogens is 262 g/mol. The van der Waals surface area contributed by atoms with Gasteiger partial charge in [-0.05, 0) is 31.8 Å². The zero-order valence-corrected chi connectivity index (χ0v) is 12.2. The largest absolute Gasteiger partial charge is 0.465 e. The second-order valence-corrected chi connectivity index (χ2v) is 6.55. The van der Waals surface area contributed by atoms with Crippen molar-refractivity contribution in [1.29, 1.82) is 0 Å². The first kappa shape index (κ1) is 16.7. The maximum atomic E-state index is 11.6. The predicted molar refractivity (Wildman–Crippen MR) is 70.6 cm³/mol. The molecule has 0 amide bonds. The number of sulfonamides is 1. The molecule has 0 fully saturated rings. The van der Waals surface area contributed by atoms with Gasteiger partial charge in [-0.3, -0.25) is 4.79 Å². The molecule has 0 aromatic carbocycles. The Bertz CT molecular complexity index is 316. The first-order valence-electron chi connectivity index (χ1n) is 5.62. The van der Waals surface area contributed by atoms with Crippen LogP contribution in [-0.4, -0.2) is 44.8 Å². The van der Waals surface area contributed by atoms with Crippen LogP contribution < -0.4 is 4.72 Å². The Morgan fingerprint density at radius 2 is 2.06 bits per heavy atom. The molecule has 0 bridgehead atoms. The van der Waals surface area contributed by atoms with Gasteiger partial charge in [0, 0.05) is 0 Å². The summed E-state index contributed by atoms with van der Waals surface area (Å²) in [5.74, 6) is 0.181. The fourth-order valence-electron chi connectivity index (χ4n) is 1.06. The van der Waals surface area contributed by atoms with Crippen LogP contribution in [0.5, 0.6) is 0 Å². The number of carbonyl (C=O) groups is 1. The Balaban J connectivity index is 4.47. The molecule has 1 atom stereocenters. The third-order valence-corrected chi connectivity index (χ3v) is 4.09. The quantitative estimate of drug-likeness (QED) is 0.639. The summed E-state index contributed by atoms with van der Waals surface area (Å²) >= 11 is 1.56. The standard InChI is InChI=1S/C10H21NO4S2/c1-4-7-15-10(12)9(6-8-16-3)11-17(13,14)5-2/h9,11H,4-8H2,1-3H3. The van der Waals surface area contributed by atoms with Gasteiger partial charge in [-0.2, -0.15) is 11.8 Å². The molecule has 102 valence electrons. The molecule has 5 nitrogen and oxygen atoms in total. The van der Waals surface area contributed by atoms with E-state index in [0.717, 1.165) is 6.42 Å². The summed E-state index contributed by atoms with van der Waals surface area (Å²) in [5, 5.41) is 0. The lowest BCUT2D eigenvalue weighted by molar-refractivity contribution is -0.145. The molecule has 0 aromatic heterocycles. The summed E-state index contributed by atoms with van der Waals surface area (Å²) < 4.78 is 30.2. The van der Waals surface area contributed by atoms with Gasteiger partial charge in [0.05, 0.1) is 12.4 Å². The van der Waals surface area contributed by atoms with Gasteiger partial charge < -0.3 is 4.74 Å². The van der Waals surface area contributed by atoms with Crippen LogP contribution in [0.3, 0.4) is 0 Å². The molecule has 1 unspecified atom stereocenters. The molecule has 0 aliphatic rings. The van der Waals surface area contributed by atoms with Gasteiger partial charge in [-0.25, -0.2) is 13.1 Å². The summed E-state index contributed by atoms with van der Waals surface area (Å²) in [6, 6.07) is -0.765. The van der Waals surface area contributed by atoms with E-state index < -0.39 is 22.0 Å². The van der Waals surface area contributed by atoms with Crippen molar-refractivity contribution in [2.45, 2.75) is 32.7 Å². The average Bonchev–Trinajstić information content (AvgIpc) is 2.31. The molecule has 0 rings (SSSR count). The molecule has 1 N–H and O–H groups in total. The molecule has 0 aliphatic carbocycles. The van der Waals surface area contributed by atoms with Crippen LogP contribution in [0.15, 0.2) is 0 Å². The first-order valence-corrected chi connectivity index (χ1v) is 8.67. The van der Waals surface area contributed by atoms with E-state index in [1.54, 1.807) is 11.8 Å². The van der Waals surface area contributed by atoms with E-state index in [0.29, 0.717) is 18.8 Å². The van der Waals surface area contributed by atoms with E-state index in [4.69, 9.17) is 4.74 Å². The van der Waals surface area contributed by atoms with Crippen LogP contribution in [0.25, 0.3) is 0 Å². The Kier molecular flexibility index (Phi) is 8.63. The molecule has 0 aliphatic heterocycles. The summed E-state index contributed by atoms with van der Waals surface area (Å²) in [6.07, 6.45) is 3.08. The highest BCUT2D eigenvalue weighted by Crippen LogP contribution is 2.05. The number of rotatable bonds is 9. The van der Waals surface area contributed by atoms with Gasteiger partial charge in [0.2, 0.25) is 10.0 Å². The number of hydrogen-bond donors (Lipinski definition) is 1. The summed E-state index contributed by atoms with van der Waals surface area (Å²) in [4.78, 5) is 11.6. The van der Waals surface area contributed by atoms with E-state index >= 15 is 0 Å². The highest BCUT2D eigenvalue weighted by atomic mass is 32.2. The van der Waals surface area contributed by atoms with E-state index in [-0.39, 0.29) is 5.75 Å². The minimum absolute atomic E-state index is 0.0379. The molecule has 0 saturated carbocycles. The SMILES string of the molecule is CCCOC(=O)C(CCSC)NS(=O)(=O)CC. The Morgan fingerprint density at radius 3 is 2.53 bits per heavy atom. The molecular formula is C10H21NO4S2. The molecule has 0 heterocycles. The van der Waals surface area contributed by atoms with Gasteiger partial charge in [0.15, 0.2) is 0 Å². The first-order chi connectivity index (χ1) is 7.96. The summed E-state index contributed by atoms with van der Waals surface area (Å²) in [6.45, 7) is 3.74. The highest BCUT2D eigenvalue weighted by Gasteiger charge is 2.24. The van der Waals surface area contributed by atoms with Crippen LogP contribution in [0, 0.1) is 0 Å². The third kappa shape index (κ3) is 7.62. The van der Waals surface area contributed by atoms with E-state index in [1.807, 2.05) is 13.2 Å². The number of ether oxygens (including phenoxy) is 1. The topological polar surface area (TPSA) is 72.5 Å². The Morgan fingerprint density at radius 1 is 1.41 bits per heavy atom. The maximum Gasteiger partial charge on any atom is 0.324 e. The number of esters is 1. The minimum Gasteiger partial charge on any atom is -0.465 e. The van der Waals surface area contributed by atoms with Gasteiger partial charge >= 0.3 is 5.97 Å². The molecule has 0 saturated heterocycles. The molecule has 0 aromatic rings. The Hall–Kier alpha value is -0.270. The smallest absolute Gasteiger partial charge is 0.324 e. The lowest BCUT2D eigenvalue weighted by Gasteiger charge is -2.16. The van der Waals surface area contributed by atoms with Crippen molar-refractivity contribution in [1.82, 2.24) is 4.72 Å². The van der Waals surface area contributed by atoms with Crippen molar-refractivity contribution >= 4 is 27.8 Å². The van der Waals surface area contributed by atoms with Crippen molar-refractivity contribution < 1.29 is 17.9 Å². The zero-order chi connectivity index (χ0) is 13.3. The van der Waals surface area contributed by atoms with Gasteiger partial charge in [0.1, 0.15) is 6.04 Å². The van der Waals surface area contributed by atoms with Crippen LogP contribution in [0.2, 0.25) is 0 Å². The monoisotopic (exact) mass is 283 g/mol. The van der Waals surface area contributed by atoms with Crippen LogP contribution in [0.1, 0.15) is 26.7 Å². The fraction of sp³-hybridized carbons (Fsp3) is 0.900. The van der Waals surface area contributed by atoms with E-state index in [9.17, 15) is 13.2 Å². The van der Waals surface area contributed by atoms with Crippen LogP contribution in [-0.2, 0) is 19.6 Å². The number of carbonyl (C=O) groups excluding carboxylic acids is 1. The zero-order valence-electron chi connectivity index (χ0n) is 10.6. The molecule has 17 heavy (non-hydrogen) atoms. The highest BCUT2D eigenvalue weighted by molar-refractivity contribution is 7.98. The van der Waals surface area contributed by atoms with Gasteiger partial charge in [0.25, 0.3) is 0 Å². The van der Waals surface area contributed by atoms with E-state index in [2.05, 4.69) is 4.72 Å². The second-order valence-electron chi connectivity index (χ2n) is 3.52. The molecule has 0 spiro atoms. The van der Waals surface area contributed by atoms with Crippen LogP contribution >= 0.6 is 11.8 Å². The second kappa shape index (κ2) is 8.77. The van der Waals surface area contributed by atoms with Crippen LogP contribution in [0.4, 0.5) is 0 Å². The average molecular weight is 283 g/mol. The fourth-order valence-corrected chi connectivity index (χ4v) is 2.35. The van der Waals surface area contributed by atoms with E-state index in [1.165, 1.54) is 6.92 Å². The van der Waals surface area contributed by atoms with Crippen molar-refractivity contribution in [2.24, 2.45) is 0 Å². The number of hydrogen-bond acceptors (Lipinski definition) is 5. The third-order valence-electron chi connectivity index (χ3n) is 2.05. The van der Waals surface area contributed by atoms with Gasteiger partial charge in [-0.1, -0.05) is 6.92 Å². The molecule has 0 radical (unpaired) electrons. The molecule has 7 heteroatoms. The van der Waals surface area contributed by atoms with Crippen molar-refractivity contribution in [3.8, 4) is 0 Å². The van der Waals surface area contributed by atoms with Crippen molar-refractivity contribution in [2.75, 3.05) is 24.4 Å². The predicted octanol–water partition coefficient (Wildman–Crippen LogP) is 1.00. The number of nitrogens with one attached hydrogen (secondary N) is 1. The number of thioether (sulfide) groups is 1. The summed E-state index contributed by atoms with van der Waals surface area (Å²) in [5.41, 5.74) is 0. The van der Waals surface area contributed by atoms with Crippen molar-refractivity contribution in [3.05, 3.63) is 0 Å². The lowest BCUT2D eigenvalue weighted by Crippen LogP contribution is -2.42. The normalized spacial score (nSPS) is 13.4. The lowest BCUT2D eigenvalue weighted by atomic mass is 10.2. The summed E-state index contributed by atoms with van der Waals surface area (Å²) in [7, 11) is -3.38. The Labute approximate surface area is 108 Å². The maximum absolute atomic E-state index is 11.6.